The Morgan fingerprint density at radius 3 is 0.656 bits per heavy atom. The van der Waals surface area contributed by atoms with E-state index in [-0.39, 0.29) is 0 Å². The Hall–Kier alpha value is -7.16. The first-order valence-corrected chi connectivity index (χ1v) is 25.3. The van der Waals surface area contributed by atoms with Crippen LogP contribution in [0, 0.1) is 0 Å². The second-order valence-electron chi connectivity index (χ2n) is 14.2. The Morgan fingerprint density at radius 2 is 0.475 bits per heavy atom. The van der Waals surface area contributed by atoms with E-state index in [1.807, 2.05) is 146 Å². The second kappa shape index (κ2) is 19.3. The van der Waals surface area contributed by atoms with Crippen LogP contribution in [0.5, 0.6) is 0 Å². The van der Waals surface area contributed by atoms with Gasteiger partial charge in [-0.2, -0.15) is 0 Å². The van der Waals surface area contributed by atoms with Crippen molar-refractivity contribution in [2.75, 3.05) is 14.7 Å². The summed E-state index contributed by atoms with van der Waals surface area (Å²) in [5.41, 5.74) is 3.55. The third-order valence-corrected chi connectivity index (χ3v) is 19.7. The van der Waals surface area contributed by atoms with Crippen molar-refractivity contribution >= 4 is 66.5 Å². The monoisotopic (exact) mass is 989 g/mol. The molecule has 0 spiro atoms. The summed E-state index contributed by atoms with van der Waals surface area (Å²) in [6.45, 7) is 1.93. The minimum absolute atomic E-state index is 0.642. The Balaban J connectivity index is 1.03. The predicted molar refractivity (Wildman–Crippen MR) is 247 cm³/mol. The molecule has 0 atom stereocenters. The molecule has 0 aliphatic heterocycles. The first-order chi connectivity index (χ1) is 30.2. The summed E-state index contributed by atoms with van der Waals surface area (Å²) in [6.07, 6.45) is 11.0. The van der Waals surface area contributed by atoms with Crippen molar-refractivity contribution in [2.24, 2.45) is 0 Å². The summed E-state index contributed by atoms with van der Waals surface area (Å²) < 4.78 is 4.19. The van der Waals surface area contributed by atoms with Crippen LogP contribution in [0.25, 0.3) is 0 Å². The molecule has 3 aromatic carbocycles. The molecule has 10 heteroatoms. The molecule has 0 amide bonds. The van der Waals surface area contributed by atoms with E-state index in [0.29, 0.717) is 19.6 Å². The topological polar surface area (TPSA) is 87.1 Å². The average molecular weight is 990 g/mol. The van der Waals surface area contributed by atoms with Gasteiger partial charge >= 0.3 is 367 Å². The van der Waals surface area contributed by atoms with E-state index in [1.165, 1.54) is 26.5 Å². The molecule has 6 heterocycles. The normalized spacial score (nSPS) is 11.0. The molecule has 9 rings (SSSR count). The molecular formula is C51H42BiN9. The first kappa shape index (κ1) is 39.3. The van der Waals surface area contributed by atoms with Gasteiger partial charge in [-0.15, -0.1) is 0 Å². The van der Waals surface area contributed by atoms with Crippen molar-refractivity contribution in [1.29, 1.82) is 0 Å². The number of nitrogens with zero attached hydrogens (tertiary/aromatic N) is 9. The number of pyridine rings is 6. The van der Waals surface area contributed by atoms with Crippen LogP contribution in [0.2, 0.25) is 0 Å². The number of hydrogen-bond donors (Lipinski definition) is 0. The van der Waals surface area contributed by atoms with Crippen molar-refractivity contribution in [1.82, 2.24) is 29.9 Å². The van der Waals surface area contributed by atoms with Gasteiger partial charge in [-0.3, -0.25) is 0 Å². The van der Waals surface area contributed by atoms with E-state index < -0.39 is 21.8 Å². The van der Waals surface area contributed by atoms with Crippen LogP contribution in [0.15, 0.2) is 219 Å². The van der Waals surface area contributed by atoms with E-state index in [4.69, 9.17) is 0 Å². The SMILES string of the molecule is c1ccc(N(Cc2cc[c]([Bi]([c]3ccc(CN(c4ccccn4)c4ccccn4)cc3)[c]3ccc(CN(c4ccccn4)c4ccccn4)cc3)cc2)c2ccccn2)nc1. The first-order valence-electron chi connectivity index (χ1n) is 20.1. The van der Waals surface area contributed by atoms with Crippen LogP contribution in [0.1, 0.15) is 16.7 Å². The van der Waals surface area contributed by atoms with E-state index in [1.54, 1.807) is 0 Å². The summed E-state index contributed by atoms with van der Waals surface area (Å²) in [7, 11) is 0. The number of benzene rings is 3. The average Bonchev–Trinajstić information content (AvgIpc) is 3.35. The molecule has 0 fully saturated rings. The van der Waals surface area contributed by atoms with Gasteiger partial charge in [0.25, 0.3) is 0 Å². The fraction of sp³-hybridized carbons (Fsp3) is 0.0588. The number of hydrogen-bond acceptors (Lipinski definition) is 9. The van der Waals surface area contributed by atoms with Gasteiger partial charge < -0.3 is 0 Å². The predicted octanol–water partition coefficient (Wildman–Crippen LogP) is 8.59. The Labute approximate surface area is 364 Å². The van der Waals surface area contributed by atoms with Crippen molar-refractivity contribution in [2.45, 2.75) is 19.6 Å². The van der Waals surface area contributed by atoms with Gasteiger partial charge in [0.1, 0.15) is 0 Å². The molecule has 0 radical (unpaired) electrons. The van der Waals surface area contributed by atoms with Crippen LogP contribution in [0.4, 0.5) is 34.9 Å². The molecule has 0 N–H and O–H groups in total. The molecular weight excluding hydrogens is 948 g/mol. The summed E-state index contributed by atoms with van der Waals surface area (Å²) in [5.74, 6) is 5.15. The van der Waals surface area contributed by atoms with Crippen molar-refractivity contribution in [3.05, 3.63) is 236 Å². The molecule has 0 saturated heterocycles. The second-order valence-corrected chi connectivity index (χ2v) is 22.9. The zero-order chi connectivity index (χ0) is 41.1. The zero-order valence-corrected chi connectivity index (χ0v) is 36.9. The molecule has 0 saturated carbocycles. The van der Waals surface area contributed by atoms with Gasteiger partial charge in [0.2, 0.25) is 0 Å². The van der Waals surface area contributed by atoms with Gasteiger partial charge in [0, 0.05) is 0 Å². The Kier molecular flexibility index (Phi) is 12.4. The molecule has 296 valence electrons. The molecule has 0 unspecified atom stereocenters. The zero-order valence-electron chi connectivity index (χ0n) is 33.4. The van der Waals surface area contributed by atoms with Crippen LogP contribution in [0.3, 0.4) is 0 Å². The molecule has 0 aliphatic carbocycles. The molecule has 9 nitrogen and oxygen atoms in total. The Bertz CT molecular complexity index is 2270. The molecule has 61 heavy (non-hydrogen) atoms. The van der Waals surface area contributed by atoms with Crippen LogP contribution in [-0.2, 0) is 19.6 Å². The summed E-state index contributed by atoms with van der Waals surface area (Å²) >= 11 is -2.85. The van der Waals surface area contributed by atoms with Gasteiger partial charge in [0.05, 0.1) is 0 Å². The van der Waals surface area contributed by atoms with Gasteiger partial charge in [-0.05, 0) is 0 Å². The number of aromatic nitrogens is 6. The van der Waals surface area contributed by atoms with Crippen LogP contribution >= 0.6 is 0 Å². The van der Waals surface area contributed by atoms with Crippen LogP contribution in [-0.4, -0.2) is 51.7 Å². The van der Waals surface area contributed by atoms with E-state index in [0.717, 1.165) is 34.9 Å². The fourth-order valence-electron chi connectivity index (χ4n) is 7.16. The third kappa shape index (κ3) is 9.67. The van der Waals surface area contributed by atoms with E-state index >= 15 is 0 Å². The summed E-state index contributed by atoms with van der Waals surface area (Å²) in [5, 5.41) is 0. The van der Waals surface area contributed by atoms with Gasteiger partial charge in [-0.1, -0.05) is 0 Å². The minimum atomic E-state index is -2.85. The fourth-order valence-corrected chi connectivity index (χ4v) is 15.9. The number of anilines is 6. The standard InChI is InChI=1S/3C17H14N3.Bi/c3*1-2-8-15(9-3-1)14-20(16-10-4-6-12-18-16)17-11-5-7-13-19-17;/h3*2-13H,14H2;. The van der Waals surface area contributed by atoms with Crippen molar-refractivity contribution in [3.63, 3.8) is 0 Å². The van der Waals surface area contributed by atoms with Crippen molar-refractivity contribution < 1.29 is 0 Å². The van der Waals surface area contributed by atoms with E-state index in [2.05, 4.69) is 117 Å². The maximum absolute atomic E-state index is 4.67. The number of rotatable bonds is 15. The third-order valence-electron chi connectivity index (χ3n) is 10.2. The summed E-state index contributed by atoms with van der Waals surface area (Å²) in [6, 6.07) is 63.6. The molecule has 9 aromatic rings. The molecule has 6 aromatic heterocycles. The van der Waals surface area contributed by atoms with E-state index in [9.17, 15) is 0 Å². The quantitative estimate of drug-likeness (QED) is 0.0939. The Morgan fingerprint density at radius 1 is 0.262 bits per heavy atom. The van der Waals surface area contributed by atoms with Crippen molar-refractivity contribution in [3.8, 4) is 0 Å². The molecule has 0 bridgehead atoms. The van der Waals surface area contributed by atoms with Crippen LogP contribution < -0.4 is 24.5 Å². The maximum atomic E-state index is 4.67. The molecule has 0 aliphatic rings. The van der Waals surface area contributed by atoms with Gasteiger partial charge in [0.15, 0.2) is 0 Å². The summed E-state index contributed by atoms with van der Waals surface area (Å²) in [4.78, 5) is 34.5. The van der Waals surface area contributed by atoms with Gasteiger partial charge in [-0.25, -0.2) is 0 Å².